The number of hydrogen-bond acceptors (Lipinski definition) is 2. The number of anilines is 1. The zero-order valence-corrected chi connectivity index (χ0v) is 13.1. The molecule has 0 unspecified atom stereocenters. The van der Waals surface area contributed by atoms with E-state index in [1.54, 1.807) is 6.20 Å². The van der Waals surface area contributed by atoms with Gasteiger partial charge in [0.15, 0.2) is 0 Å². The molecule has 0 bridgehead atoms. The number of nitrogens with one attached hydrogen (secondary N) is 1. The Bertz CT molecular complexity index is 779. The molecular weight excluding hydrogens is 286 g/mol. The van der Waals surface area contributed by atoms with Gasteiger partial charge in [-0.15, -0.1) is 0 Å². The first kappa shape index (κ1) is 15.0. The van der Waals surface area contributed by atoms with Crippen molar-refractivity contribution in [2.24, 2.45) is 0 Å². The van der Waals surface area contributed by atoms with E-state index in [4.69, 9.17) is 0 Å². The van der Waals surface area contributed by atoms with Crippen molar-refractivity contribution in [3.8, 4) is 5.69 Å². The Morgan fingerprint density at radius 3 is 2.35 bits per heavy atom. The van der Waals surface area contributed by atoms with E-state index in [1.165, 1.54) is 0 Å². The molecule has 0 fully saturated rings. The van der Waals surface area contributed by atoms with Gasteiger partial charge in [-0.25, -0.2) is 4.68 Å². The lowest BCUT2D eigenvalue weighted by Gasteiger charge is -2.09. The summed E-state index contributed by atoms with van der Waals surface area (Å²) in [7, 11) is 0. The zero-order valence-electron chi connectivity index (χ0n) is 13.1. The Morgan fingerprint density at radius 1 is 1.04 bits per heavy atom. The van der Waals surface area contributed by atoms with E-state index in [2.05, 4.69) is 17.3 Å². The molecule has 3 rings (SSSR count). The van der Waals surface area contributed by atoms with Crippen LogP contribution in [0, 0.1) is 0 Å². The second kappa shape index (κ2) is 6.92. The van der Waals surface area contributed by atoms with Gasteiger partial charge < -0.3 is 5.32 Å². The molecule has 0 saturated heterocycles. The van der Waals surface area contributed by atoms with Crippen LogP contribution in [0.5, 0.6) is 0 Å². The molecule has 116 valence electrons. The number of hydrogen-bond donors (Lipinski definition) is 1. The quantitative estimate of drug-likeness (QED) is 0.772. The van der Waals surface area contributed by atoms with Gasteiger partial charge >= 0.3 is 0 Å². The van der Waals surface area contributed by atoms with Crippen LogP contribution in [0.25, 0.3) is 5.69 Å². The van der Waals surface area contributed by atoms with Crippen molar-refractivity contribution in [3.63, 3.8) is 0 Å². The van der Waals surface area contributed by atoms with Crippen LogP contribution < -0.4 is 5.32 Å². The van der Waals surface area contributed by atoms with Crippen molar-refractivity contribution < 1.29 is 4.79 Å². The molecule has 1 heterocycles. The molecule has 0 atom stereocenters. The molecule has 0 spiro atoms. The highest BCUT2D eigenvalue weighted by atomic mass is 16.1. The molecule has 0 aliphatic rings. The first-order valence-electron chi connectivity index (χ1n) is 7.78. The largest absolute Gasteiger partial charge is 0.322 e. The molecule has 0 radical (unpaired) electrons. The number of para-hydroxylation sites is 2. The lowest BCUT2D eigenvalue weighted by atomic mass is 10.1. The van der Waals surface area contributed by atoms with Crippen LogP contribution in [0.3, 0.4) is 0 Å². The molecule has 3 aromatic rings. The van der Waals surface area contributed by atoms with E-state index >= 15 is 0 Å². The first-order valence-corrected chi connectivity index (χ1v) is 7.78. The standard InChI is InChI=1S/C19H19N3O/c1-2-9-18-17(19(23)21-15-10-5-3-6-11-15)14-20-22(18)16-12-7-4-8-13-16/h3-8,10-14H,2,9H2,1H3,(H,21,23). The van der Waals surface area contributed by atoms with Crippen molar-refractivity contribution in [1.82, 2.24) is 9.78 Å². The molecule has 2 aromatic carbocycles. The van der Waals surface area contributed by atoms with E-state index in [1.807, 2.05) is 65.3 Å². The third-order valence-corrected chi connectivity index (χ3v) is 3.63. The molecule has 1 amide bonds. The van der Waals surface area contributed by atoms with Crippen molar-refractivity contribution >= 4 is 11.6 Å². The third kappa shape index (κ3) is 3.31. The maximum atomic E-state index is 12.6. The van der Waals surface area contributed by atoms with Gasteiger partial charge in [-0.2, -0.15) is 5.10 Å². The summed E-state index contributed by atoms with van der Waals surface area (Å²) in [6.07, 6.45) is 3.40. The average Bonchev–Trinajstić information content (AvgIpc) is 3.01. The van der Waals surface area contributed by atoms with Gasteiger partial charge in [0.05, 0.1) is 23.1 Å². The Hall–Kier alpha value is -2.88. The number of rotatable bonds is 5. The molecule has 0 saturated carbocycles. The highest BCUT2D eigenvalue weighted by molar-refractivity contribution is 6.05. The monoisotopic (exact) mass is 305 g/mol. The Labute approximate surface area is 135 Å². The predicted octanol–water partition coefficient (Wildman–Crippen LogP) is 4.08. The van der Waals surface area contributed by atoms with E-state index in [9.17, 15) is 4.79 Å². The fourth-order valence-electron chi connectivity index (χ4n) is 2.55. The second-order valence-corrected chi connectivity index (χ2v) is 5.32. The van der Waals surface area contributed by atoms with E-state index in [0.29, 0.717) is 5.56 Å². The van der Waals surface area contributed by atoms with Crippen molar-refractivity contribution in [2.45, 2.75) is 19.8 Å². The highest BCUT2D eigenvalue weighted by Crippen LogP contribution is 2.18. The minimum Gasteiger partial charge on any atom is -0.322 e. The van der Waals surface area contributed by atoms with Crippen LogP contribution in [-0.4, -0.2) is 15.7 Å². The lowest BCUT2D eigenvalue weighted by Crippen LogP contribution is -2.14. The molecule has 4 nitrogen and oxygen atoms in total. The molecular formula is C19H19N3O. The van der Waals surface area contributed by atoms with E-state index < -0.39 is 0 Å². The third-order valence-electron chi connectivity index (χ3n) is 3.63. The van der Waals surface area contributed by atoms with Gasteiger partial charge in [0.2, 0.25) is 0 Å². The maximum Gasteiger partial charge on any atom is 0.259 e. The summed E-state index contributed by atoms with van der Waals surface area (Å²) in [5.74, 6) is -0.123. The number of amides is 1. The summed E-state index contributed by atoms with van der Waals surface area (Å²) in [4.78, 5) is 12.6. The van der Waals surface area contributed by atoms with Crippen LogP contribution in [-0.2, 0) is 6.42 Å². The molecule has 1 N–H and O–H groups in total. The van der Waals surface area contributed by atoms with Crippen LogP contribution in [0.2, 0.25) is 0 Å². The van der Waals surface area contributed by atoms with E-state index in [-0.39, 0.29) is 5.91 Å². The van der Waals surface area contributed by atoms with Gasteiger partial charge in [-0.05, 0) is 30.7 Å². The first-order chi connectivity index (χ1) is 11.3. The van der Waals surface area contributed by atoms with Gasteiger partial charge in [0, 0.05) is 5.69 Å². The van der Waals surface area contributed by atoms with Crippen LogP contribution in [0.4, 0.5) is 5.69 Å². The average molecular weight is 305 g/mol. The maximum absolute atomic E-state index is 12.6. The van der Waals surface area contributed by atoms with Crippen molar-refractivity contribution in [2.75, 3.05) is 5.32 Å². The summed E-state index contributed by atoms with van der Waals surface area (Å²) < 4.78 is 1.85. The zero-order chi connectivity index (χ0) is 16.1. The topological polar surface area (TPSA) is 46.9 Å². The van der Waals surface area contributed by atoms with Gasteiger partial charge in [-0.1, -0.05) is 49.7 Å². The van der Waals surface area contributed by atoms with Gasteiger partial charge in [0.1, 0.15) is 0 Å². The van der Waals surface area contributed by atoms with Crippen molar-refractivity contribution in [3.05, 3.63) is 78.1 Å². The second-order valence-electron chi connectivity index (χ2n) is 5.32. The van der Waals surface area contributed by atoms with Crippen molar-refractivity contribution in [1.29, 1.82) is 0 Å². The van der Waals surface area contributed by atoms with Crippen LogP contribution in [0.1, 0.15) is 29.4 Å². The number of nitrogens with zero attached hydrogens (tertiary/aromatic N) is 2. The summed E-state index contributed by atoms with van der Waals surface area (Å²) in [5.41, 5.74) is 3.31. The summed E-state index contributed by atoms with van der Waals surface area (Å²) >= 11 is 0. The van der Waals surface area contributed by atoms with Crippen LogP contribution in [0.15, 0.2) is 66.9 Å². The SMILES string of the molecule is CCCc1c(C(=O)Nc2ccccc2)cnn1-c1ccccc1. The Kier molecular flexibility index (Phi) is 4.52. The number of benzene rings is 2. The normalized spacial score (nSPS) is 10.5. The minimum absolute atomic E-state index is 0.123. The summed E-state index contributed by atoms with van der Waals surface area (Å²) in [6, 6.07) is 19.4. The van der Waals surface area contributed by atoms with Gasteiger partial charge in [-0.3, -0.25) is 4.79 Å². The number of carbonyl (C=O) groups is 1. The number of carbonyl (C=O) groups excluding carboxylic acids is 1. The minimum atomic E-state index is -0.123. The lowest BCUT2D eigenvalue weighted by molar-refractivity contribution is 0.102. The smallest absolute Gasteiger partial charge is 0.259 e. The summed E-state index contributed by atoms with van der Waals surface area (Å²) in [6.45, 7) is 2.10. The van der Waals surface area contributed by atoms with Crippen LogP contribution >= 0.6 is 0 Å². The fourth-order valence-corrected chi connectivity index (χ4v) is 2.55. The number of aromatic nitrogens is 2. The molecule has 4 heteroatoms. The predicted molar refractivity (Wildman–Crippen MR) is 92.0 cm³/mol. The molecule has 0 aliphatic heterocycles. The fraction of sp³-hybridized carbons (Fsp3) is 0.158. The summed E-state index contributed by atoms with van der Waals surface area (Å²) in [5, 5.41) is 7.35. The Balaban J connectivity index is 1.93. The Morgan fingerprint density at radius 2 is 1.70 bits per heavy atom. The highest BCUT2D eigenvalue weighted by Gasteiger charge is 2.17. The van der Waals surface area contributed by atoms with E-state index in [0.717, 1.165) is 29.9 Å². The molecule has 0 aliphatic carbocycles. The molecule has 23 heavy (non-hydrogen) atoms. The van der Waals surface area contributed by atoms with Gasteiger partial charge in [0.25, 0.3) is 5.91 Å². The molecule has 1 aromatic heterocycles.